The zero-order chi connectivity index (χ0) is 10.3. The summed E-state index contributed by atoms with van der Waals surface area (Å²) in [5, 5.41) is 0. The lowest BCUT2D eigenvalue weighted by molar-refractivity contribution is 0.157. The van der Waals surface area contributed by atoms with Crippen LogP contribution in [0.4, 0.5) is 0 Å². The molecule has 4 heteroatoms. The molecule has 0 heterocycles. The predicted octanol–water partition coefficient (Wildman–Crippen LogP) is 2.30. The average Bonchev–Trinajstić information content (AvgIpc) is 2.02. The molecule has 0 bridgehead atoms. The van der Waals surface area contributed by atoms with Gasteiger partial charge in [0.1, 0.15) is 0 Å². The van der Waals surface area contributed by atoms with Crippen molar-refractivity contribution in [2.24, 2.45) is 5.92 Å². The molecule has 2 unspecified atom stereocenters. The zero-order valence-electron chi connectivity index (χ0n) is 7.81. The lowest BCUT2D eigenvalue weighted by Gasteiger charge is -2.19. The van der Waals surface area contributed by atoms with Crippen LogP contribution in [-0.2, 0) is 15.5 Å². The third-order valence-electron chi connectivity index (χ3n) is 1.84. The van der Waals surface area contributed by atoms with Gasteiger partial charge in [-0.2, -0.15) is 4.21 Å². The second kappa shape index (κ2) is 7.00. The zero-order valence-corrected chi connectivity index (χ0v) is 8.63. The molecule has 0 aliphatic carbocycles. The average molecular weight is 204 g/mol. The Hall–Kier alpha value is -0.450. The molecule has 0 aliphatic heterocycles. The number of allylic oxidation sites excluding steroid dienone is 2. The highest BCUT2D eigenvalue weighted by molar-refractivity contribution is 7.74. The Morgan fingerprint density at radius 1 is 1.46 bits per heavy atom. The predicted molar refractivity (Wildman–Crippen MR) is 54.4 cm³/mol. The van der Waals surface area contributed by atoms with Crippen molar-refractivity contribution in [2.75, 3.05) is 0 Å². The van der Waals surface area contributed by atoms with Gasteiger partial charge in [0, 0.05) is 0 Å². The Kier molecular flexibility index (Phi) is 6.76. The minimum absolute atomic E-state index is 0.172. The summed E-state index contributed by atoms with van der Waals surface area (Å²) in [4.78, 5) is 0. The Bertz CT molecular complexity index is 181. The van der Waals surface area contributed by atoms with Gasteiger partial charge in [-0.25, -0.2) is 0 Å². The van der Waals surface area contributed by atoms with E-state index in [1.165, 1.54) is 0 Å². The van der Waals surface area contributed by atoms with Crippen molar-refractivity contribution in [3.8, 4) is 0 Å². The normalized spacial score (nSPS) is 15.3. The largest absolute Gasteiger partial charge is 0.302 e. The third-order valence-corrected chi connectivity index (χ3v) is 2.30. The van der Waals surface area contributed by atoms with Crippen LogP contribution in [0, 0.1) is 5.92 Å². The van der Waals surface area contributed by atoms with Crippen molar-refractivity contribution >= 4 is 11.4 Å². The maximum Gasteiger partial charge on any atom is 0.302 e. The molecular weight excluding hydrogens is 188 g/mol. The topological polar surface area (TPSA) is 46.5 Å². The monoisotopic (exact) mass is 204 g/mol. The molecule has 0 rings (SSSR count). The summed E-state index contributed by atoms with van der Waals surface area (Å²) >= 11 is -2.19. The number of hydrogen-bond acceptors (Lipinski definition) is 2. The highest BCUT2D eigenvalue weighted by Gasteiger charge is 2.17. The van der Waals surface area contributed by atoms with Crippen LogP contribution in [0.15, 0.2) is 25.3 Å². The summed E-state index contributed by atoms with van der Waals surface area (Å²) in [6, 6.07) is 0. The summed E-state index contributed by atoms with van der Waals surface area (Å²) < 4.78 is 23.6. The van der Waals surface area contributed by atoms with Gasteiger partial charge in [0.05, 0.1) is 6.10 Å². The summed E-state index contributed by atoms with van der Waals surface area (Å²) in [6.45, 7) is 9.00. The van der Waals surface area contributed by atoms with E-state index < -0.39 is 11.4 Å². The van der Waals surface area contributed by atoms with Crippen LogP contribution in [0.3, 0.4) is 0 Å². The second-order valence-electron chi connectivity index (χ2n) is 2.83. The van der Waals surface area contributed by atoms with Gasteiger partial charge in [-0.15, -0.1) is 13.2 Å². The first-order valence-corrected chi connectivity index (χ1v) is 5.14. The quantitative estimate of drug-likeness (QED) is 0.511. The van der Waals surface area contributed by atoms with Gasteiger partial charge in [-0.3, -0.25) is 8.74 Å². The minimum atomic E-state index is -2.19. The summed E-state index contributed by atoms with van der Waals surface area (Å²) in [7, 11) is 0. The Labute approximate surface area is 82.0 Å². The first kappa shape index (κ1) is 12.6. The molecule has 0 fully saturated rings. The highest BCUT2D eigenvalue weighted by atomic mass is 32.2. The van der Waals surface area contributed by atoms with Crippen molar-refractivity contribution in [3.63, 3.8) is 0 Å². The van der Waals surface area contributed by atoms with Crippen molar-refractivity contribution in [3.05, 3.63) is 25.3 Å². The molecule has 13 heavy (non-hydrogen) atoms. The van der Waals surface area contributed by atoms with Crippen molar-refractivity contribution in [2.45, 2.75) is 25.9 Å². The molecule has 3 nitrogen and oxygen atoms in total. The van der Waals surface area contributed by atoms with E-state index in [-0.39, 0.29) is 12.0 Å². The fourth-order valence-corrected chi connectivity index (χ4v) is 1.53. The van der Waals surface area contributed by atoms with Gasteiger partial charge in [0.15, 0.2) is 0 Å². The first-order valence-electron chi connectivity index (χ1n) is 4.11. The van der Waals surface area contributed by atoms with Crippen LogP contribution in [0.5, 0.6) is 0 Å². The van der Waals surface area contributed by atoms with E-state index >= 15 is 0 Å². The van der Waals surface area contributed by atoms with Gasteiger partial charge < -0.3 is 0 Å². The number of hydrogen-bond donors (Lipinski definition) is 1. The summed E-state index contributed by atoms with van der Waals surface area (Å²) in [5.74, 6) is 0.172. The Morgan fingerprint density at radius 3 is 2.23 bits per heavy atom. The molecule has 0 aromatic heterocycles. The molecule has 2 atom stereocenters. The fourth-order valence-electron chi connectivity index (χ4n) is 1.12. The van der Waals surface area contributed by atoms with Gasteiger partial charge in [0.2, 0.25) is 0 Å². The highest BCUT2D eigenvalue weighted by Crippen LogP contribution is 2.17. The molecule has 0 spiro atoms. The van der Waals surface area contributed by atoms with Gasteiger partial charge >= 0.3 is 11.4 Å². The molecule has 0 aliphatic rings. The van der Waals surface area contributed by atoms with E-state index in [4.69, 9.17) is 8.74 Å². The smallest absolute Gasteiger partial charge is 0.284 e. The van der Waals surface area contributed by atoms with Gasteiger partial charge in [-0.1, -0.05) is 12.2 Å². The Balaban J connectivity index is 4.08. The maximum absolute atomic E-state index is 10.4. The lowest BCUT2D eigenvalue weighted by atomic mass is 9.96. The molecule has 0 saturated heterocycles. The van der Waals surface area contributed by atoms with Gasteiger partial charge in [-0.05, 0) is 25.7 Å². The van der Waals surface area contributed by atoms with E-state index in [1.807, 2.05) is 0 Å². The lowest BCUT2D eigenvalue weighted by Crippen LogP contribution is -2.20. The van der Waals surface area contributed by atoms with Crippen molar-refractivity contribution in [1.82, 2.24) is 0 Å². The van der Waals surface area contributed by atoms with E-state index in [2.05, 4.69) is 13.2 Å². The SMILES string of the molecule is C=CCC(CC=C)C(C)OS(=O)O. The van der Waals surface area contributed by atoms with Crippen LogP contribution in [-0.4, -0.2) is 14.9 Å². The fraction of sp³-hybridized carbons (Fsp3) is 0.556. The molecule has 0 amide bonds. The van der Waals surface area contributed by atoms with Crippen LogP contribution in [0.25, 0.3) is 0 Å². The molecule has 1 N–H and O–H groups in total. The van der Waals surface area contributed by atoms with Crippen molar-refractivity contribution in [1.29, 1.82) is 0 Å². The molecular formula is C9H16O3S. The van der Waals surface area contributed by atoms with E-state index in [0.717, 1.165) is 12.8 Å². The third kappa shape index (κ3) is 5.74. The molecule has 76 valence electrons. The summed E-state index contributed by atoms with van der Waals surface area (Å²) in [5.41, 5.74) is 0. The van der Waals surface area contributed by atoms with E-state index in [0.29, 0.717) is 0 Å². The number of rotatable bonds is 7. The second-order valence-corrected chi connectivity index (χ2v) is 3.45. The van der Waals surface area contributed by atoms with Crippen molar-refractivity contribution < 1.29 is 12.9 Å². The summed E-state index contributed by atoms with van der Waals surface area (Å²) in [6.07, 6.45) is 4.79. The Morgan fingerprint density at radius 2 is 1.92 bits per heavy atom. The standard InChI is InChI=1S/C9H16O3S/c1-4-6-9(7-5-2)8(3)12-13(10)11/h4-5,8-9H,1-2,6-7H2,3H3,(H,10,11). The van der Waals surface area contributed by atoms with Crippen LogP contribution in [0.2, 0.25) is 0 Å². The van der Waals surface area contributed by atoms with Crippen LogP contribution < -0.4 is 0 Å². The molecule has 0 radical (unpaired) electrons. The van der Waals surface area contributed by atoms with Crippen LogP contribution in [0.1, 0.15) is 19.8 Å². The van der Waals surface area contributed by atoms with Gasteiger partial charge in [0.25, 0.3) is 0 Å². The minimum Gasteiger partial charge on any atom is -0.284 e. The van der Waals surface area contributed by atoms with E-state index in [9.17, 15) is 4.21 Å². The molecule has 0 aromatic carbocycles. The molecule has 0 aromatic rings. The first-order chi connectivity index (χ1) is 6.11. The molecule has 0 saturated carbocycles. The van der Waals surface area contributed by atoms with Crippen LogP contribution >= 0.6 is 0 Å². The maximum atomic E-state index is 10.4. The van der Waals surface area contributed by atoms with E-state index in [1.54, 1.807) is 19.1 Å².